The number of piperidine rings is 1. The Morgan fingerprint density at radius 1 is 1.09 bits per heavy atom. The summed E-state index contributed by atoms with van der Waals surface area (Å²) in [7, 11) is 0. The monoisotopic (exact) mass is 585 g/mol. The number of carbonyl (C=O) groups is 1. The number of benzene rings is 1. The number of anilines is 1. The third-order valence-electron chi connectivity index (χ3n) is 7.87. The number of pyridine rings is 2. The maximum atomic E-state index is 15.2. The zero-order chi connectivity index (χ0) is 30.4. The van der Waals surface area contributed by atoms with E-state index in [1.165, 1.54) is 6.07 Å². The average Bonchev–Trinajstić information content (AvgIpc) is 3.65. The molecule has 1 aliphatic rings. The highest BCUT2D eigenvalue weighted by Gasteiger charge is 2.29. The predicted octanol–water partition coefficient (Wildman–Crippen LogP) is 6.65. The van der Waals surface area contributed by atoms with E-state index >= 15 is 4.39 Å². The Bertz CT molecular complexity index is 1780. The summed E-state index contributed by atoms with van der Waals surface area (Å²) < 4.78 is 34.5. The quantitative estimate of drug-likeness (QED) is 0.211. The third-order valence-corrected chi connectivity index (χ3v) is 7.87. The lowest BCUT2D eigenvalue weighted by atomic mass is 9.95. The number of alkyl halides is 1. The van der Waals surface area contributed by atoms with Crippen molar-refractivity contribution in [1.29, 1.82) is 0 Å². The smallest absolute Gasteiger partial charge is 0.294 e. The first-order valence-electron chi connectivity index (χ1n) is 14.4. The number of nitrogens with zero attached hydrogens (tertiary/aromatic N) is 6. The van der Waals surface area contributed by atoms with Crippen LogP contribution in [0.5, 0.6) is 0 Å². The Labute approximate surface area is 247 Å². The van der Waals surface area contributed by atoms with Gasteiger partial charge >= 0.3 is 0 Å². The van der Waals surface area contributed by atoms with Crippen molar-refractivity contribution < 1.29 is 18.1 Å². The number of rotatable bonds is 7. The molecule has 5 heterocycles. The van der Waals surface area contributed by atoms with Crippen LogP contribution in [0.3, 0.4) is 0 Å². The summed E-state index contributed by atoms with van der Waals surface area (Å²) in [6.07, 6.45) is 4.64. The number of nitrogens with one attached hydrogen (secondary N) is 1. The summed E-state index contributed by atoms with van der Waals surface area (Å²) in [4.78, 5) is 35.8. The number of hydrogen-bond donors (Lipinski definition) is 1. The van der Waals surface area contributed by atoms with Crippen LogP contribution in [-0.4, -0.2) is 54.6 Å². The lowest BCUT2D eigenvalue weighted by molar-refractivity contribution is 0.0940. The summed E-state index contributed by atoms with van der Waals surface area (Å²) in [5.74, 6) is 0.194. The number of H-pyrrole nitrogens is 1. The molecular weight excluding hydrogens is 552 g/mol. The molecule has 0 amide bonds. The summed E-state index contributed by atoms with van der Waals surface area (Å²) in [5, 5.41) is 3.89. The Hall–Kier alpha value is -4.54. The van der Waals surface area contributed by atoms with Crippen molar-refractivity contribution in [2.24, 2.45) is 0 Å². The van der Waals surface area contributed by atoms with Crippen LogP contribution in [0.25, 0.3) is 33.8 Å². The Morgan fingerprint density at radius 3 is 2.56 bits per heavy atom. The highest BCUT2D eigenvalue weighted by atomic mass is 19.1. The molecule has 4 aromatic heterocycles. The van der Waals surface area contributed by atoms with Crippen molar-refractivity contribution in [3.05, 3.63) is 71.9 Å². The van der Waals surface area contributed by atoms with Crippen LogP contribution in [0.2, 0.25) is 0 Å². The Kier molecular flexibility index (Phi) is 7.27. The van der Waals surface area contributed by atoms with Gasteiger partial charge in [-0.25, -0.2) is 18.7 Å². The number of aromatic nitrogens is 6. The number of halogens is 2. The van der Waals surface area contributed by atoms with Crippen LogP contribution in [0.15, 0.2) is 53.3 Å². The van der Waals surface area contributed by atoms with Gasteiger partial charge in [-0.15, -0.1) is 0 Å². The molecule has 0 bridgehead atoms. The van der Waals surface area contributed by atoms with E-state index < -0.39 is 11.5 Å². The van der Waals surface area contributed by atoms with Gasteiger partial charge in [0.1, 0.15) is 17.2 Å². The van der Waals surface area contributed by atoms with Crippen LogP contribution >= 0.6 is 0 Å². The minimum absolute atomic E-state index is 0.0459. The highest BCUT2D eigenvalue weighted by molar-refractivity contribution is 5.92. The molecule has 0 unspecified atom stereocenters. The Morgan fingerprint density at radius 2 is 1.88 bits per heavy atom. The molecule has 0 radical (unpaired) electrons. The average molecular weight is 586 g/mol. The molecule has 0 saturated carbocycles. The maximum absolute atomic E-state index is 15.2. The molecule has 222 valence electrons. The highest BCUT2D eigenvalue weighted by Crippen LogP contribution is 2.32. The van der Waals surface area contributed by atoms with Gasteiger partial charge in [-0.05, 0) is 61.6 Å². The fourth-order valence-electron chi connectivity index (χ4n) is 5.13. The van der Waals surface area contributed by atoms with Gasteiger partial charge in [-0.3, -0.25) is 9.78 Å². The SMILES string of the molecule is CC1(F)CCN(c2ccc(-c3nc4nccc(-c5ccc(CCC(=O)c6nc(C(C)(C)C)no6)c(F)c5)c4[nH]3)nc2)CC1. The molecule has 1 saturated heterocycles. The normalized spacial score (nSPS) is 15.3. The fourth-order valence-corrected chi connectivity index (χ4v) is 5.13. The molecule has 6 rings (SSSR count). The lowest BCUT2D eigenvalue weighted by Crippen LogP contribution is -2.40. The minimum Gasteiger partial charge on any atom is -0.370 e. The topological polar surface area (TPSA) is 114 Å². The van der Waals surface area contributed by atoms with E-state index in [0.29, 0.717) is 65.6 Å². The van der Waals surface area contributed by atoms with Crippen molar-refractivity contribution in [2.45, 2.75) is 64.5 Å². The standard InChI is InChI=1S/C32H33F2N7O2/c1-31(2,3)30-39-29(43-40-30)25(42)10-7-19-5-6-20(17-23(19)33)22-11-14-35-28-26(22)37-27(38-28)24-9-8-21(18-36-24)41-15-12-32(4,34)13-16-41/h5-6,8-9,11,14,17-18H,7,10,12-13,15-16H2,1-4H3,(H,35,37,38). The lowest BCUT2D eigenvalue weighted by Gasteiger charge is -2.35. The van der Waals surface area contributed by atoms with E-state index in [4.69, 9.17) is 4.52 Å². The molecule has 1 aromatic carbocycles. The molecule has 1 aliphatic heterocycles. The van der Waals surface area contributed by atoms with Gasteiger partial charge in [0.05, 0.1) is 17.4 Å². The van der Waals surface area contributed by atoms with Crippen molar-refractivity contribution in [3.63, 3.8) is 0 Å². The summed E-state index contributed by atoms with van der Waals surface area (Å²) in [6, 6.07) is 10.6. The number of aromatic amines is 1. The molecule has 11 heteroatoms. The van der Waals surface area contributed by atoms with Crippen molar-refractivity contribution in [3.8, 4) is 22.6 Å². The van der Waals surface area contributed by atoms with E-state index in [2.05, 4.69) is 35.0 Å². The summed E-state index contributed by atoms with van der Waals surface area (Å²) >= 11 is 0. The molecule has 0 aliphatic carbocycles. The van der Waals surface area contributed by atoms with Crippen LogP contribution in [0, 0.1) is 5.82 Å². The van der Waals surface area contributed by atoms with Gasteiger partial charge in [0.25, 0.3) is 5.89 Å². The fraction of sp³-hybridized carbons (Fsp3) is 0.375. The molecule has 0 atom stereocenters. The Balaban J connectivity index is 1.17. The van der Waals surface area contributed by atoms with E-state index in [1.807, 2.05) is 39.0 Å². The number of aryl methyl sites for hydroxylation is 1. The molecule has 1 N–H and O–H groups in total. The van der Waals surface area contributed by atoms with E-state index in [0.717, 1.165) is 11.3 Å². The number of ketones is 1. The summed E-state index contributed by atoms with van der Waals surface area (Å²) in [5.41, 5.74) is 3.08. The molecule has 9 nitrogen and oxygen atoms in total. The van der Waals surface area contributed by atoms with Crippen LogP contribution in [-0.2, 0) is 11.8 Å². The second-order valence-corrected chi connectivity index (χ2v) is 12.3. The minimum atomic E-state index is -1.11. The number of imidazole rings is 1. The molecule has 43 heavy (non-hydrogen) atoms. The van der Waals surface area contributed by atoms with Gasteiger partial charge in [0.15, 0.2) is 17.3 Å². The number of Topliss-reactive ketones (excluding diaryl/α,β-unsaturated/α-hetero) is 1. The van der Waals surface area contributed by atoms with Gasteiger partial charge in [-0.1, -0.05) is 38.1 Å². The molecule has 1 fully saturated rings. The van der Waals surface area contributed by atoms with Gasteiger partial charge in [-0.2, -0.15) is 4.98 Å². The van der Waals surface area contributed by atoms with E-state index in [-0.39, 0.29) is 29.9 Å². The van der Waals surface area contributed by atoms with Gasteiger partial charge < -0.3 is 14.4 Å². The first-order chi connectivity index (χ1) is 20.5. The zero-order valence-electron chi connectivity index (χ0n) is 24.6. The van der Waals surface area contributed by atoms with Crippen molar-refractivity contribution in [1.82, 2.24) is 30.1 Å². The van der Waals surface area contributed by atoms with Gasteiger partial charge in [0.2, 0.25) is 5.78 Å². The number of carbonyl (C=O) groups excluding carboxylic acids is 1. The maximum Gasteiger partial charge on any atom is 0.294 e. The van der Waals surface area contributed by atoms with Crippen LogP contribution in [0.4, 0.5) is 14.5 Å². The van der Waals surface area contributed by atoms with E-state index in [9.17, 15) is 9.18 Å². The van der Waals surface area contributed by atoms with E-state index in [1.54, 1.807) is 31.5 Å². The third kappa shape index (κ3) is 6.02. The second kappa shape index (κ2) is 10.9. The van der Waals surface area contributed by atoms with Crippen molar-refractivity contribution >= 4 is 22.6 Å². The zero-order valence-corrected chi connectivity index (χ0v) is 24.6. The number of fused-ring (bicyclic) bond motifs is 1. The first-order valence-corrected chi connectivity index (χ1v) is 14.4. The van der Waals surface area contributed by atoms with Crippen molar-refractivity contribution in [2.75, 3.05) is 18.0 Å². The predicted molar refractivity (Wildman–Crippen MR) is 159 cm³/mol. The van der Waals surface area contributed by atoms with Crippen LogP contribution in [0.1, 0.15) is 69.0 Å². The molecule has 5 aromatic rings. The second-order valence-electron chi connectivity index (χ2n) is 12.3. The van der Waals surface area contributed by atoms with Gasteiger partial charge in [0, 0.05) is 36.7 Å². The largest absolute Gasteiger partial charge is 0.370 e. The molecule has 0 spiro atoms. The first kappa shape index (κ1) is 28.6. The summed E-state index contributed by atoms with van der Waals surface area (Å²) in [6.45, 7) is 8.74. The number of hydrogen-bond acceptors (Lipinski definition) is 8. The van der Waals surface area contributed by atoms with Crippen LogP contribution < -0.4 is 4.90 Å². The molecular formula is C32H33F2N7O2.